The SMILES string of the molecule is CCC(C)(P)[N+](N)(N)O. The van der Waals surface area contributed by atoms with Gasteiger partial charge in [0.2, 0.25) is 0 Å². The topological polar surface area (TPSA) is 72.3 Å². The van der Waals surface area contributed by atoms with Gasteiger partial charge in [0.05, 0.1) is 0 Å². The predicted molar refractivity (Wildman–Crippen MR) is 38.8 cm³/mol. The largest absolute Gasteiger partial charge is 0.175 e. The third-order valence-corrected chi connectivity index (χ3v) is 2.36. The number of hydrogen-bond acceptors (Lipinski definition) is 3. The van der Waals surface area contributed by atoms with Crippen molar-refractivity contribution in [2.45, 2.75) is 25.5 Å². The van der Waals surface area contributed by atoms with Crippen molar-refractivity contribution >= 4 is 9.24 Å². The maximum absolute atomic E-state index is 9.02. The van der Waals surface area contributed by atoms with E-state index >= 15 is 0 Å². The Balaban J connectivity index is 4.14. The van der Waals surface area contributed by atoms with Gasteiger partial charge in [-0.05, 0) is 4.86 Å². The van der Waals surface area contributed by atoms with E-state index in [1.54, 1.807) is 6.92 Å². The first kappa shape index (κ1) is 9.27. The fourth-order valence-electron chi connectivity index (χ4n) is 0.253. The Kier molecular flexibility index (Phi) is 2.56. The molecule has 0 aliphatic carbocycles. The summed E-state index contributed by atoms with van der Waals surface area (Å²) in [6, 6.07) is 0. The standard InChI is InChI=1S/C4H15N3OP/c1-3-4(2,9)7(5,6)8/h8H,3,5-6,9H2,1-2H3/q+1. The highest BCUT2D eigenvalue weighted by Gasteiger charge is 2.37. The number of nitrogens with two attached hydrogens (primary N) is 2. The molecule has 0 amide bonds. The van der Waals surface area contributed by atoms with Crippen LogP contribution in [0.4, 0.5) is 0 Å². The molecule has 5 N–H and O–H groups in total. The molecule has 0 bridgehead atoms. The van der Waals surface area contributed by atoms with Crippen LogP contribution in [-0.4, -0.2) is 15.4 Å². The van der Waals surface area contributed by atoms with E-state index in [1.165, 1.54) is 0 Å². The molecular weight excluding hydrogens is 137 g/mol. The van der Waals surface area contributed by atoms with Crippen molar-refractivity contribution in [3.63, 3.8) is 0 Å². The molecule has 0 rings (SSSR count). The molecule has 0 heterocycles. The van der Waals surface area contributed by atoms with Gasteiger partial charge in [0.25, 0.3) is 0 Å². The molecule has 0 aliphatic heterocycles. The number of nitrogens with zero attached hydrogens (tertiary/aromatic N) is 1. The molecule has 0 aromatic carbocycles. The molecule has 56 valence electrons. The van der Waals surface area contributed by atoms with E-state index in [0.717, 1.165) is 0 Å². The summed E-state index contributed by atoms with van der Waals surface area (Å²) < 4.78 is 0. The molecule has 4 nitrogen and oxygen atoms in total. The lowest BCUT2D eigenvalue weighted by molar-refractivity contribution is -1.15. The number of rotatable bonds is 2. The van der Waals surface area contributed by atoms with Crippen LogP contribution in [0.2, 0.25) is 0 Å². The third-order valence-electron chi connectivity index (χ3n) is 1.53. The first-order valence-electron chi connectivity index (χ1n) is 2.79. The Bertz CT molecular complexity index is 98.5. The lowest BCUT2D eigenvalue weighted by Crippen LogP contribution is -2.67. The minimum absolute atomic E-state index is 0.556. The van der Waals surface area contributed by atoms with Crippen LogP contribution < -0.4 is 11.7 Å². The molecule has 0 fully saturated rings. The van der Waals surface area contributed by atoms with Crippen molar-refractivity contribution in [3.8, 4) is 0 Å². The van der Waals surface area contributed by atoms with Gasteiger partial charge >= 0.3 is 0 Å². The Morgan fingerprint density at radius 1 is 1.67 bits per heavy atom. The Labute approximate surface area is 57.5 Å². The second-order valence-electron chi connectivity index (χ2n) is 2.45. The maximum atomic E-state index is 9.02. The highest BCUT2D eigenvalue weighted by Crippen LogP contribution is 2.25. The first-order valence-corrected chi connectivity index (χ1v) is 3.37. The van der Waals surface area contributed by atoms with Crippen LogP contribution in [0.3, 0.4) is 0 Å². The van der Waals surface area contributed by atoms with E-state index in [0.29, 0.717) is 6.42 Å². The van der Waals surface area contributed by atoms with E-state index in [9.17, 15) is 0 Å². The van der Waals surface area contributed by atoms with Crippen molar-refractivity contribution in [2.24, 2.45) is 11.7 Å². The van der Waals surface area contributed by atoms with Gasteiger partial charge in [0, 0.05) is 13.3 Å². The molecular formula is C4H15N3OP+. The van der Waals surface area contributed by atoms with Crippen molar-refractivity contribution in [2.75, 3.05) is 0 Å². The summed E-state index contributed by atoms with van der Waals surface area (Å²) in [4.78, 5) is -0.992. The smallest absolute Gasteiger partial charge is 0.174 e. The molecule has 0 aromatic rings. The van der Waals surface area contributed by atoms with Gasteiger partial charge in [0.1, 0.15) is 0 Å². The molecule has 9 heavy (non-hydrogen) atoms. The number of hydrogen-bond donors (Lipinski definition) is 3. The molecule has 2 unspecified atom stereocenters. The summed E-state index contributed by atoms with van der Waals surface area (Å²) >= 11 is 0. The summed E-state index contributed by atoms with van der Waals surface area (Å²) in [7, 11) is 2.41. The maximum Gasteiger partial charge on any atom is 0.175 e. The van der Waals surface area contributed by atoms with Gasteiger partial charge in [-0.15, -0.1) is 11.7 Å². The fraction of sp³-hybridized carbons (Fsp3) is 1.00. The molecule has 5 heteroatoms. The number of hydroxylamine groups is 1. The minimum atomic E-state index is -0.992. The lowest BCUT2D eigenvalue weighted by atomic mass is 10.2. The van der Waals surface area contributed by atoms with Gasteiger partial charge in [-0.2, -0.15) is 5.21 Å². The zero-order chi connectivity index (χ0) is 7.71. The minimum Gasteiger partial charge on any atom is -0.174 e. The third kappa shape index (κ3) is 2.16. The van der Waals surface area contributed by atoms with Crippen LogP contribution in [0, 0.1) is 0 Å². The molecule has 0 aromatic heterocycles. The quantitative estimate of drug-likeness (QED) is 0.225. The first-order chi connectivity index (χ1) is 3.81. The lowest BCUT2D eigenvalue weighted by Gasteiger charge is -2.32. The molecule has 0 radical (unpaired) electrons. The van der Waals surface area contributed by atoms with Crippen LogP contribution in [0.15, 0.2) is 0 Å². The summed E-state index contributed by atoms with van der Waals surface area (Å²) in [5.41, 5.74) is 0. The average Bonchev–Trinajstić information content (AvgIpc) is 1.64. The monoisotopic (exact) mass is 152 g/mol. The fourth-order valence-corrected chi connectivity index (χ4v) is 0.253. The Morgan fingerprint density at radius 3 is 2.00 bits per heavy atom. The summed E-state index contributed by atoms with van der Waals surface area (Å²) in [6.45, 7) is 3.66. The molecule has 0 spiro atoms. The second-order valence-corrected chi connectivity index (χ2v) is 3.69. The summed E-state index contributed by atoms with van der Waals surface area (Å²) in [5.74, 6) is 10.3. The summed E-state index contributed by atoms with van der Waals surface area (Å²) in [6.07, 6.45) is 0.696. The normalized spacial score (nSPS) is 19.3. The van der Waals surface area contributed by atoms with Crippen LogP contribution in [0.25, 0.3) is 0 Å². The van der Waals surface area contributed by atoms with Crippen molar-refractivity contribution in [1.82, 2.24) is 0 Å². The van der Waals surface area contributed by atoms with Gasteiger partial charge in [-0.3, -0.25) is 0 Å². The Morgan fingerprint density at radius 2 is 2.00 bits per heavy atom. The van der Waals surface area contributed by atoms with Crippen LogP contribution in [-0.2, 0) is 0 Å². The molecule has 0 saturated carbocycles. The zero-order valence-electron chi connectivity index (χ0n) is 5.83. The van der Waals surface area contributed by atoms with Crippen molar-refractivity contribution < 1.29 is 10.1 Å². The van der Waals surface area contributed by atoms with Gasteiger partial charge < -0.3 is 0 Å². The van der Waals surface area contributed by atoms with Crippen LogP contribution >= 0.6 is 9.24 Å². The number of quaternary nitrogens is 1. The average molecular weight is 152 g/mol. The van der Waals surface area contributed by atoms with Crippen molar-refractivity contribution in [1.29, 1.82) is 0 Å². The van der Waals surface area contributed by atoms with Crippen molar-refractivity contribution in [3.05, 3.63) is 0 Å². The van der Waals surface area contributed by atoms with E-state index in [-0.39, 0.29) is 0 Å². The van der Waals surface area contributed by atoms with E-state index in [1.807, 2.05) is 6.92 Å². The van der Waals surface area contributed by atoms with Gasteiger partial charge in [0.15, 0.2) is 5.28 Å². The van der Waals surface area contributed by atoms with E-state index < -0.39 is 10.1 Å². The van der Waals surface area contributed by atoms with Gasteiger partial charge in [-0.1, -0.05) is 16.2 Å². The predicted octanol–water partition coefficient (Wildman–Crippen LogP) is -0.0589. The second kappa shape index (κ2) is 2.48. The molecule has 0 aliphatic rings. The molecule has 0 saturated heterocycles. The van der Waals surface area contributed by atoms with Crippen LogP contribution in [0.5, 0.6) is 0 Å². The van der Waals surface area contributed by atoms with Crippen LogP contribution in [0.1, 0.15) is 20.3 Å². The Hall–Kier alpha value is 0.270. The summed E-state index contributed by atoms with van der Waals surface area (Å²) in [5, 5.41) is 8.46. The van der Waals surface area contributed by atoms with Gasteiger partial charge in [-0.25, -0.2) is 0 Å². The van der Waals surface area contributed by atoms with E-state index in [4.69, 9.17) is 16.9 Å². The zero-order valence-corrected chi connectivity index (χ0v) is 6.99. The highest BCUT2D eigenvalue weighted by atomic mass is 31.0. The van der Waals surface area contributed by atoms with E-state index in [2.05, 4.69) is 9.24 Å². The molecule has 2 atom stereocenters. The highest BCUT2D eigenvalue weighted by molar-refractivity contribution is 7.18.